The van der Waals surface area contributed by atoms with E-state index in [1.165, 1.54) is 0 Å². The minimum Gasteiger partial charge on any atom is -0.466 e. The molecule has 2 fully saturated rings. The van der Waals surface area contributed by atoms with Gasteiger partial charge in [0.25, 0.3) is 0 Å². The number of piperidine rings is 1. The van der Waals surface area contributed by atoms with Crippen molar-refractivity contribution in [3.05, 3.63) is 33.8 Å². The highest BCUT2D eigenvalue weighted by Gasteiger charge is 2.49. The first-order valence-corrected chi connectivity index (χ1v) is 8.62. The van der Waals surface area contributed by atoms with Gasteiger partial charge in [0.05, 0.1) is 22.6 Å². The van der Waals surface area contributed by atoms with E-state index in [2.05, 4.69) is 11.9 Å². The molecule has 22 heavy (non-hydrogen) atoms. The molecule has 3 nitrogen and oxygen atoms in total. The Kier molecular flexibility index (Phi) is 4.67. The maximum absolute atomic E-state index is 12.6. The molecule has 3 rings (SSSR count). The van der Waals surface area contributed by atoms with Gasteiger partial charge in [-0.2, -0.15) is 0 Å². The van der Waals surface area contributed by atoms with Crippen molar-refractivity contribution >= 4 is 29.2 Å². The summed E-state index contributed by atoms with van der Waals surface area (Å²) in [7, 11) is 2.12. The van der Waals surface area contributed by atoms with E-state index in [0.29, 0.717) is 22.7 Å². The molecule has 2 aliphatic heterocycles. The molecule has 0 amide bonds. The van der Waals surface area contributed by atoms with Crippen LogP contribution in [0.15, 0.2) is 18.2 Å². The van der Waals surface area contributed by atoms with Crippen LogP contribution in [0.25, 0.3) is 0 Å². The number of esters is 1. The second kappa shape index (κ2) is 6.38. The number of ether oxygens (including phenoxy) is 1. The Morgan fingerprint density at radius 3 is 2.77 bits per heavy atom. The van der Waals surface area contributed by atoms with Gasteiger partial charge in [-0.25, -0.2) is 0 Å². The molecule has 2 saturated heterocycles. The maximum Gasteiger partial charge on any atom is 0.311 e. The van der Waals surface area contributed by atoms with E-state index < -0.39 is 0 Å². The summed E-state index contributed by atoms with van der Waals surface area (Å²) < 4.78 is 5.36. The molecule has 2 aliphatic rings. The zero-order valence-electron chi connectivity index (χ0n) is 12.9. The minimum atomic E-state index is -0.124. The van der Waals surface area contributed by atoms with Gasteiger partial charge in [0, 0.05) is 18.0 Å². The number of hydrogen-bond donors (Lipinski definition) is 0. The first-order valence-electron chi connectivity index (χ1n) is 7.86. The third-order valence-corrected chi connectivity index (χ3v) is 5.94. The van der Waals surface area contributed by atoms with Gasteiger partial charge in [0.15, 0.2) is 0 Å². The van der Waals surface area contributed by atoms with Crippen LogP contribution in [-0.4, -0.2) is 36.6 Å². The van der Waals surface area contributed by atoms with E-state index in [1.54, 1.807) is 0 Å². The molecule has 5 heteroatoms. The Morgan fingerprint density at radius 1 is 1.32 bits per heavy atom. The van der Waals surface area contributed by atoms with Gasteiger partial charge in [0.1, 0.15) is 0 Å². The molecule has 1 aromatic carbocycles. The quantitative estimate of drug-likeness (QED) is 0.774. The molecule has 4 atom stereocenters. The van der Waals surface area contributed by atoms with Crippen molar-refractivity contribution in [2.75, 3.05) is 13.7 Å². The highest BCUT2D eigenvalue weighted by atomic mass is 35.5. The number of halogens is 2. The van der Waals surface area contributed by atoms with E-state index in [9.17, 15) is 4.79 Å². The second-order valence-corrected chi connectivity index (χ2v) is 7.07. The smallest absolute Gasteiger partial charge is 0.311 e. The lowest BCUT2D eigenvalue weighted by Gasteiger charge is -2.42. The van der Waals surface area contributed by atoms with Crippen molar-refractivity contribution < 1.29 is 9.53 Å². The number of hydrogen-bond acceptors (Lipinski definition) is 3. The van der Waals surface area contributed by atoms with Gasteiger partial charge in [-0.3, -0.25) is 9.69 Å². The van der Waals surface area contributed by atoms with Crippen LogP contribution in [0.5, 0.6) is 0 Å². The van der Waals surface area contributed by atoms with E-state index in [-0.39, 0.29) is 23.8 Å². The Bertz CT molecular complexity index is 578. The van der Waals surface area contributed by atoms with Gasteiger partial charge >= 0.3 is 5.97 Å². The van der Waals surface area contributed by atoms with Crippen LogP contribution in [-0.2, 0) is 9.53 Å². The fourth-order valence-electron chi connectivity index (χ4n) is 4.11. The van der Waals surface area contributed by atoms with Crippen LogP contribution in [0, 0.1) is 5.92 Å². The average Bonchev–Trinajstić information content (AvgIpc) is 2.73. The van der Waals surface area contributed by atoms with Crippen molar-refractivity contribution in [3.8, 4) is 0 Å². The molecule has 0 saturated carbocycles. The molecule has 0 spiro atoms. The second-order valence-electron chi connectivity index (χ2n) is 6.26. The monoisotopic (exact) mass is 341 g/mol. The van der Waals surface area contributed by atoms with Crippen molar-refractivity contribution in [1.82, 2.24) is 4.90 Å². The summed E-state index contributed by atoms with van der Waals surface area (Å²) in [6, 6.07) is 6.52. The Hall–Kier alpha value is -0.770. The topological polar surface area (TPSA) is 29.5 Å². The largest absolute Gasteiger partial charge is 0.466 e. The maximum atomic E-state index is 12.6. The van der Waals surface area contributed by atoms with Crippen LogP contribution < -0.4 is 0 Å². The third-order valence-electron chi connectivity index (χ3n) is 5.20. The van der Waals surface area contributed by atoms with Crippen LogP contribution in [0.4, 0.5) is 0 Å². The van der Waals surface area contributed by atoms with Gasteiger partial charge < -0.3 is 4.74 Å². The first-order chi connectivity index (χ1) is 10.5. The van der Waals surface area contributed by atoms with E-state index in [1.807, 2.05) is 25.1 Å². The molecular formula is C17H21Cl2NO2. The van der Waals surface area contributed by atoms with Gasteiger partial charge in [-0.05, 0) is 50.9 Å². The molecule has 120 valence electrons. The Balaban J connectivity index is 1.96. The molecule has 2 heterocycles. The van der Waals surface area contributed by atoms with E-state index in [0.717, 1.165) is 24.8 Å². The first kappa shape index (κ1) is 16.1. The van der Waals surface area contributed by atoms with Crippen LogP contribution in [0.3, 0.4) is 0 Å². The van der Waals surface area contributed by atoms with Crippen LogP contribution in [0.1, 0.15) is 37.7 Å². The van der Waals surface area contributed by atoms with Gasteiger partial charge in [-0.15, -0.1) is 0 Å². The highest BCUT2D eigenvalue weighted by Crippen LogP contribution is 2.47. The molecule has 1 aromatic rings. The predicted molar refractivity (Wildman–Crippen MR) is 88.5 cm³/mol. The van der Waals surface area contributed by atoms with E-state index in [4.69, 9.17) is 27.9 Å². The number of benzene rings is 1. The van der Waals surface area contributed by atoms with Crippen molar-refractivity contribution in [1.29, 1.82) is 0 Å². The normalized spacial score (nSPS) is 31.3. The summed E-state index contributed by atoms with van der Waals surface area (Å²) >= 11 is 12.2. The molecule has 0 aromatic heterocycles. The molecule has 4 unspecified atom stereocenters. The lowest BCUT2D eigenvalue weighted by molar-refractivity contribution is -0.152. The summed E-state index contributed by atoms with van der Waals surface area (Å²) in [5, 5.41) is 1.10. The number of carbonyl (C=O) groups is 1. The molecular weight excluding hydrogens is 321 g/mol. The van der Waals surface area contributed by atoms with Crippen molar-refractivity contribution in [2.24, 2.45) is 5.92 Å². The van der Waals surface area contributed by atoms with Crippen LogP contribution >= 0.6 is 23.2 Å². The fraction of sp³-hybridized carbons (Fsp3) is 0.588. The third kappa shape index (κ3) is 2.75. The minimum absolute atomic E-state index is 0.0872. The lowest BCUT2D eigenvalue weighted by Crippen LogP contribution is -2.49. The Morgan fingerprint density at radius 2 is 2.09 bits per heavy atom. The SMILES string of the molecule is CCOC(=O)C1C(c2ccc(Cl)c(Cl)c2)CC2CCC1N2C. The summed E-state index contributed by atoms with van der Waals surface area (Å²) in [6.45, 7) is 2.28. The number of fused-ring (bicyclic) bond motifs is 2. The van der Waals surface area contributed by atoms with Gasteiger partial charge in [-0.1, -0.05) is 29.3 Å². The number of carbonyl (C=O) groups excluding carboxylic acids is 1. The molecule has 0 N–H and O–H groups in total. The van der Waals surface area contributed by atoms with Crippen molar-refractivity contribution in [2.45, 2.75) is 44.2 Å². The van der Waals surface area contributed by atoms with Crippen molar-refractivity contribution in [3.63, 3.8) is 0 Å². The summed E-state index contributed by atoms with van der Waals surface area (Å²) in [5.41, 5.74) is 1.09. The Labute approximate surface area is 141 Å². The average molecular weight is 342 g/mol. The molecule has 0 aliphatic carbocycles. The lowest BCUT2D eigenvalue weighted by atomic mass is 9.76. The van der Waals surface area contributed by atoms with Gasteiger partial charge in [0.2, 0.25) is 0 Å². The summed E-state index contributed by atoms with van der Waals surface area (Å²) in [6.07, 6.45) is 3.17. The summed E-state index contributed by atoms with van der Waals surface area (Å²) in [4.78, 5) is 14.9. The molecule has 2 bridgehead atoms. The zero-order chi connectivity index (χ0) is 15.9. The molecule has 0 radical (unpaired) electrons. The standard InChI is InChI=1S/C17H21Cl2NO2/c1-3-22-17(21)16-12(9-11-5-7-15(16)20(11)2)10-4-6-13(18)14(19)8-10/h4,6,8,11-12,15-16H,3,5,7,9H2,1-2H3. The summed E-state index contributed by atoms with van der Waals surface area (Å²) in [5.74, 6) is -0.0563. The van der Waals surface area contributed by atoms with Crippen LogP contribution in [0.2, 0.25) is 10.0 Å². The fourth-order valence-corrected chi connectivity index (χ4v) is 4.42. The zero-order valence-corrected chi connectivity index (χ0v) is 14.4. The predicted octanol–water partition coefficient (Wildman–Crippen LogP) is 4.12. The number of nitrogens with zero attached hydrogens (tertiary/aromatic N) is 1. The number of rotatable bonds is 3. The highest BCUT2D eigenvalue weighted by molar-refractivity contribution is 6.42. The van der Waals surface area contributed by atoms with E-state index >= 15 is 0 Å².